The number of nitrogens with two attached hydrogens (primary N) is 1. The van der Waals surface area contributed by atoms with Crippen LogP contribution in [-0.4, -0.2) is 11.1 Å². The summed E-state index contributed by atoms with van der Waals surface area (Å²) in [5.41, 5.74) is 9.14. The standard InChI is InChI=1S/C15H15NO2/c1-2-10-3-5-11(6-4-10)13-8-7-12(16)9-14(13)15(17)18/h3-9H,2,16H2,1H3,(H,17,18). The minimum Gasteiger partial charge on any atom is -0.478 e. The van der Waals surface area contributed by atoms with Gasteiger partial charge in [0.2, 0.25) is 0 Å². The van der Waals surface area contributed by atoms with Gasteiger partial charge >= 0.3 is 5.97 Å². The molecule has 0 radical (unpaired) electrons. The molecule has 18 heavy (non-hydrogen) atoms. The molecule has 0 atom stereocenters. The summed E-state index contributed by atoms with van der Waals surface area (Å²) in [5, 5.41) is 9.20. The molecule has 0 saturated heterocycles. The Labute approximate surface area is 106 Å². The third kappa shape index (κ3) is 2.35. The van der Waals surface area contributed by atoms with Gasteiger partial charge in [-0.05, 0) is 35.2 Å². The van der Waals surface area contributed by atoms with Gasteiger partial charge in [0.1, 0.15) is 0 Å². The number of carboxylic acid groups (broad SMARTS) is 1. The first-order chi connectivity index (χ1) is 8.61. The van der Waals surface area contributed by atoms with Crippen molar-refractivity contribution in [3.8, 4) is 11.1 Å². The van der Waals surface area contributed by atoms with Crippen molar-refractivity contribution in [2.45, 2.75) is 13.3 Å². The monoisotopic (exact) mass is 241 g/mol. The highest BCUT2D eigenvalue weighted by Gasteiger charge is 2.11. The highest BCUT2D eigenvalue weighted by atomic mass is 16.4. The molecule has 3 N–H and O–H groups in total. The van der Waals surface area contributed by atoms with E-state index in [4.69, 9.17) is 5.73 Å². The molecule has 2 rings (SSSR count). The van der Waals surface area contributed by atoms with E-state index in [1.807, 2.05) is 24.3 Å². The van der Waals surface area contributed by atoms with Crippen LogP contribution in [-0.2, 0) is 6.42 Å². The number of carbonyl (C=O) groups is 1. The van der Waals surface area contributed by atoms with Gasteiger partial charge in [0, 0.05) is 5.69 Å². The molecule has 2 aromatic carbocycles. The minimum atomic E-state index is -0.961. The van der Waals surface area contributed by atoms with Crippen LogP contribution < -0.4 is 5.73 Å². The van der Waals surface area contributed by atoms with Crippen molar-refractivity contribution in [3.63, 3.8) is 0 Å². The molecular formula is C15H15NO2. The second-order valence-electron chi connectivity index (χ2n) is 4.16. The van der Waals surface area contributed by atoms with E-state index in [9.17, 15) is 9.90 Å². The quantitative estimate of drug-likeness (QED) is 0.811. The Kier molecular flexibility index (Phi) is 3.33. The van der Waals surface area contributed by atoms with E-state index < -0.39 is 5.97 Å². The lowest BCUT2D eigenvalue weighted by atomic mass is 9.98. The van der Waals surface area contributed by atoms with Crippen LogP contribution in [0.5, 0.6) is 0 Å². The van der Waals surface area contributed by atoms with E-state index in [0.717, 1.165) is 12.0 Å². The Balaban J connectivity index is 2.52. The molecule has 0 spiro atoms. The Morgan fingerprint density at radius 3 is 2.39 bits per heavy atom. The summed E-state index contributed by atoms with van der Waals surface area (Å²) >= 11 is 0. The number of rotatable bonds is 3. The number of nitrogen functional groups attached to an aromatic ring is 1. The molecule has 0 aliphatic rings. The zero-order valence-corrected chi connectivity index (χ0v) is 10.2. The molecule has 3 nitrogen and oxygen atoms in total. The average molecular weight is 241 g/mol. The zero-order valence-electron chi connectivity index (χ0n) is 10.2. The van der Waals surface area contributed by atoms with Crippen molar-refractivity contribution in [2.75, 3.05) is 5.73 Å². The van der Waals surface area contributed by atoms with Crippen molar-refractivity contribution in [2.24, 2.45) is 0 Å². The molecule has 0 aliphatic carbocycles. The summed E-state index contributed by atoms with van der Waals surface area (Å²) in [6.07, 6.45) is 0.966. The Morgan fingerprint density at radius 1 is 1.17 bits per heavy atom. The van der Waals surface area contributed by atoms with Crippen LogP contribution in [0.3, 0.4) is 0 Å². The number of anilines is 1. The SMILES string of the molecule is CCc1ccc(-c2ccc(N)cc2C(=O)O)cc1. The lowest BCUT2D eigenvalue weighted by molar-refractivity contribution is 0.0698. The Bertz CT molecular complexity index is 574. The number of carboxylic acids is 1. The molecule has 0 fully saturated rings. The van der Waals surface area contributed by atoms with Gasteiger partial charge in [-0.3, -0.25) is 0 Å². The summed E-state index contributed by atoms with van der Waals surface area (Å²) < 4.78 is 0. The van der Waals surface area contributed by atoms with Crippen molar-refractivity contribution in [3.05, 3.63) is 53.6 Å². The normalized spacial score (nSPS) is 10.3. The second kappa shape index (κ2) is 4.92. The lowest BCUT2D eigenvalue weighted by Gasteiger charge is -2.08. The fourth-order valence-corrected chi connectivity index (χ4v) is 1.91. The van der Waals surface area contributed by atoms with Crippen molar-refractivity contribution in [1.82, 2.24) is 0 Å². The van der Waals surface area contributed by atoms with Crippen LogP contribution >= 0.6 is 0 Å². The molecule has 2 aromatic rings. The summed E-state index contributed by atoms with van der Waals surface area (Å²) in [4.78, 5) is 11.2. The molecule has 0 aromatic heterocycles. The molecule has 0 heterocycles. The zero-order chi connectivity index (χ0) is 13.1. The average Bonchev–Trinajstić information content (AvgIpc) is 2.39. The van der Waals surface area contributed by atoms with Crippen molar-refractivity contribution in [1.29, 1.82) is 0 Å². The largest absolute Gasteiger partial charge is 0.478 e. The topological polar surface area (TPSA) is 63.3 Å². The van der Waals surface area contributed by atoms with Crippen molar-refractivity contribution >= 4 is 11.7 Å². The van der Waals surface area contributed by atoms with Gasteiger partial charge in [0.05, 0.1) is 5.56 Å². The van der Waals surface area contributed by atoms with Crippen LogP contribution in [0.2, 0.25) is 0 Å². The van der Waals surface area contributed by atoms with E-state index in [2.05, 4.69) is 6.92 Å². The first-order valence-corrected chi connectivity index (χ1v) is 5.84. The van der Waals surface area contributed by atoms with E-state index in [1.165, 1.54) is 11.6 Å². The second-order valence-corrected chi connectivity index (χ2v) is 4.16. The maximum Gasteiger partial charge on any atom is 0.336 e. The van der Waals surface area contributed by atoms with Crippen LogP contribution in [0, 0.1) is 0 Å². The molecule has 3 heteroatoms. The fourth-order valence-electron chi connectivity index (χ4n) is 1.91. The number of aromatic carboxylic acids is 1. The highest BCUT2D eigenvalue weighted by Crippen LogP contribution is 2.26. The Hall–Kier alpha value is -2.29. The van der Waals surface area contributed by atoms with Crippen LogP contribution in [0.1, 0.15) is 22.8 Å². The van der Waals surface area contributed by atoms with Gasteiger partial charge in [-0.2, -0.15) is 0 Å². The van der Waals surface area contributed by atoms with E-state index in [-0.39, 0.29) is 5.56 Å². The number of benzene rings is 2. The fraction of sp³-hybridized carbons (Fsp3) is 0.133. The van der Waals surface area contributed by atoms with Gasteiger partial charge in [-0.25, -0.2) is 4.79 Å². The van der Waals surface area contributed by atoms with E-state index >= 15 is 0 Å². The first-order valence-electron chi connectivity index (χ1n) is 5.84. The van der Waals surface area contributed by atoms with Crippen LogP contribution in [0.25, 0.3) is 11.1 Å². The summed E-state index contributed by atoms with van der Waals surface area (Å²) in [6, 6.07) is 12.9. The summed E-state index contributed by atoms with van der Waals surface area (Å²) in [7, 11) is 0. The van der Waals surface area contributed by atoms with Gasteiger partial charge in [0.15, 0.2) is 0 Å². The highest BCUT2D eigenvalue weighted by molar-refractivity contribution is 5.97. The lowest BCUT2D eigenvalue weighted by Crippen LogP contribution is -2.01. The molecule has 0 saturated carbocycles. The van der Waals surface area contributed by atoms with Crippen molar-refractivity contribution < 1.29 is 9.90 Å². The molecule has 0 amide bonds. The Morgan fingerprint density at radius 2 is 1.83 bits per heavy atom. The molecule has 0 unspecified atom stereocenters. The van der Waals surface area contributed by atoms with Gasteiger partial charge < -0.3 is 10.8 Å². The molecule has 0 bridgehead atoms. The molecular weight excluding hydrogens is 226 g/mol. The summed E-state index contributed by atoms with van der Waals surface area (Å²) in [6.45, 7) is 2.08. The maximum atomic E-state index is 11.2. The maximum absolute atomic E-state index is 11.2. The third-order valence-corrected chi connectivity index (χ3v) is 2.95. The predicted molar refractivity (Wildman–Crippen MR) is 72.6 cm³/mol. The first kappa shape index (κ1) is 12.2. The van der Waals surface area contributed by atoms with E-state index in [0.29, 0.717) is 11.3 Å². The van der Waals surface area contributed by atoms with Gasteiger partial charge in [0.25, 0.3) is 0 Å². The van der Waals surface area contributed by atoms with Gasteiger partial charge in [-0.1, -0.05) is 37.3 Å². The minimum absolute atomic E-state index is 0.235. The van der Waals surface area contributed by atoms with Gasteiger partial charge in [-0.15, -0.1) is 0 Å². The van der Waals surface area contributed by atoms with Crippen LogP contribution in [0.4, 0.5) is 5.69 Å². The number of aryl methyl sites for hydroxylation is 1. The smallest absolute Gasteiger partial charge is 0.336 e. The molecule has 0 aliphatic heterocycles. The molecule has 92 valence electrons. The van der Waals surface area contributed by atoms with Crippen LogP contribution in [0.15, 0.2) is 42.5 Å². The predicted octanol–water partition coefficient (Wildman–Crippen LogP) is 3.20. The summed E-state index contributed by atoms with van der Waals surface area (Å²) in [5.74, 6) is -0.961. The number of hydrogen-bond acceptors (Lipinski definition) is 2. The van der Waals surface area contributed by atoms with E-state index in [1.54, 1.807) is 12.1 Å². The third-order valence-electron chi connectivity index (χ3n) is 2.95. The number of hydrogen-bond donors (Lipinski definition) is 2.